The molecular weight excluding hydrogens is 260 g/mol. The lowest BCUT2D eigenvalue weighted by atomic mass is 10.1. The van der Waals surface area contributed by atoms with Crippen molar-refractivity contribution in [3.8, 4) is 5.75 Å². The summed E-state index contributed by atoms with van der Waals surface area (Å²) in [5, 5.41) is 0. The molecule has 0 amide bonds. The normalized spacial score (nSPS) is 10.1. The molecule has 0 radical (unpaired) electrons. The lowest BCUT2D eigenvalue weighted by Gasteiger charge is -2.09. The van der Waals surface area contributed by atoms with Crippen LogP contribution in [0.3, 0.4) is 0 Å². The fourth-order valence-corrected chi connectivity index (χ4v) is 1.52. The minimum absolute atomic E-state index is 0.0578. The van der Waals surface area contributed by atoms with E-state index >= 15 is 0 Å². The molecule has 0 N–H and O–H groups in total. The molecule has 0 bridgehead atoms. The van der Waals surface area contributed by atoms with E-state index < -0.39 is 0 Å². The Morgan fingerprint density at radius 3 is 2.80 bits per heavy atom. The molecule has 0 saturated carbocycles. The summed E-state index contributed by atoms with van der Waals surface area (Å²) in [5.41, 5.74) is 0.587. The molecule has 0 heterocycles. The Bertz CT molecular complexity index is 350. The third kappa shape index (κ3) is 3.32. The van der Waals surface area contributed by atoms with Gasteiger partial charge in [-0.2, -0.15) is 0 Å². The summed E-state index contributed by atoms with van der Waals surface area (Å²) < 4.78 is 11.0. The Morgan fingerprint density at radius 1 is 1.47 bits per heavy atom. The highest BCUT2D eigenvalue weighted by Gasteiger charge is 2.11. The summed E-state index contributed by atoms with van der Waals surface area (Å²) in [6, 6.07) is 5.35. The largest absolute Gasteiger partial charge is 0.467 e. The van der Waals surface area contributed by atoms with Crippen LogP contribution in [0.4, 0.5) is 0 Å². The molecule has 82 valence electrons. The second-order valence-corrected chi connectivity index (χ2v) is 3.88. The number of hydrogen-bond donors (Lipinski definition) is 0. The first-order chi connectivity index (χ1) is 7.19. The number of carbonyl (C=O) groups is 1. The zero-order chi connectivity index (χ0) is 11.3. The maximum Gasteiger partial charge on any atom is 0.188 e. The van der Waals surface area contributed by atoms with Crippen LogP contribution in [0, 0.1) is 0 Å². The minimum Gasteiger partial charge on any atom is -0.467 e. The Morgan fingerprint density at radius 2 is 2.20 bits per heavy atom. The number of carbonyl (C=O) groups excluding carboxylic acids is 1. The number of halogens is 1. The molecule has 0 saturated heterocycles. The van der Waals surface area contributed by atoms with Gasteiger partial charge in [0.2, 0.25) is 0 Å². The van der Waals surface area contributed by atoms with Gasteiger partial charge in [-0.15, -0.1) is 0 Å². The van der Waals surface area contributed by atoms with E-state index in [1.54, 1.807) is 19.2 Å². The number of ketones is 1. The van der Waals surface area contributed by atoms with Gasteiger partial charge in [0.15, 0.2) is 12.6 Å². The van der Waals surface area contributed by atoms with E-state index in [9.17, 15) is 4.79 Å². The van der Waals surface area contributed by atoms with Gasteiger partial charge in [-0.1, -0.05) is 22.9 Å². The standard InChI is InChI=1S/C11H13BrO3/c1-3-10(13)9-6-8(12)4-5-11(9)15-7-14-2/h4-6H,3,7H2,1-2H3. The van der Waals surface area contributed by atoms with Crippen molar-refractivity contribution in [1.29, 1.82) is 0 Å². The van der Waals surface area contributed by atoms with Crippen molar-refractivity contribution in [2.24, 2.45) is 0 Å². The number of benzene rings is 1. The number of ether oxygens (including phenoxy) is 2. The first-order valence-corrected chi connectivity index (χ1v) is 5.42. The highest BCUT2D eigenvalue weighted by atomic mass is 79.9. The fraction of sp³-hybridized carbons (Fsp3) is 0.364. The van der Waals surface area contributed by atoms with Gasteiger partial charge in [-0.05, 0) is 18.2 Å². The Balaban J connectivity index is 2.97. The molecule has 0 aliphatic rings. The van der Waals surface area contributed by atoms with Gasteiger partial charge in [0.05, 0.1) is 5.56 Å². The van der Waals surface area contributed by atoms with Gasteiger partial charge in [0.1, 0.15) is 5.75 Å². The van der Waals surface area contributed by atoms with Crippen molar-refractivity contribution in [3.63, 3.8) is 0 Å². The number of rotatable bonds is 5. The van der Waals surface area contributed by atoms with E-state index in [0.29, 0.717) is 17.7 Å². The van der Waals surface area contributed by atoms with Crippen molar-refractivity contribution in [2.45, 2.75) is 13.3 Å². The molecule has 4 heteroatoms. The van der Waals surface area contributed by atoms with E-state index in [0.717, 1.165) is 4.47 Å². The van der Waals surface area contributed by atoms with Crippen molar-refractivity contribution < 1.29 is 14.3 Å². The summed E-state index contributed by atoms with van der Waals surface area (Å²) in [6.07, 6.45) is 0.458. The number of hydrogen-bond acceptors (Lipinski definition) is 3. The van der Waals surface area contributed by atoms with Crippen molar-refractivity contribution in [2.75, 3.05) is 13.9 Å². The molecule has 1 aromatic rings. The SMILES string of the molecule is CCC(=O)c1cc(Br)ccc1OCOC. The molecule has 0 fully saturated rings. The summed E-state index contributed by atoms with van der Waals surface area (Å²) in [5.74, 6) is 0.620. The van der Waals surface area contributed by atoms with E-state index in [4.69, 9.17) is 9.47 Å². The first kappa shape index (κ1) is 12.2. The molecular formula is C11H13BrO3. The number of methoxy groups -OCH3 is 1. The summed E-state index contributed by atoms with van der Waals surface area (Å²) in [4.78, 5) is 11.6. The lowest BCUT2D eigenvalue weighted by molar-refractivity contribution is 0.0502. The van der Waals surface area contributed by atoms with Gasteiger partial charge < -0.3 is 9.47 Å². The third-order valence-corrected chi connectivity index (χ3v) is 2.39. The van der Waals surface area contributed by atoms with Crippen molar-refractivity contribution in [1.82, 2.24) is 0 Å². The molecule has 0 aliphatic carbocycles. The molecule has 15 heavy (non-hydrogen) atoms. The van der Waals surface area contributed by atoms with Crippen LogP contribution >= 0.6 is 15.9 Å². The van der Waals surface area contributed by atoms with E-state index in [2.05, 4.69) is 15.9 Å². The second-order valence-electron chi connectivity index (χ2n) is 2.97. The van der Waals surface area contributed by atoms with Crippen LogP contribution < -0.4 is 4.74 Å². The fourth-order valence-electron chi connectivity index (χ4n) is 1.16. The van der Waals surface area contributed by atoms with Gasteiger partial charge in [0.25, 0.3) is 0 Å². The lowest BCUT2D eigenvalue weighted by Crippen LogP contribution is -2.05. The molecule has 0 spiro atoms. The molecule has 1 aromatic carbocycles. The van der Waals surface area contributed by atoms with Gasteiger partial charge >= 0.3 is 0 Å². The van der Waals surface area contributed by atoms with Crippen LogP contribution in [0.1, 0.15) is 23.7 Å². The Labute approximate surface area is 97.5 Å². The molecule has 0 aromatic heterocycles. The molecule has 0 atom stereocenters. The van der Waals surface area contributed by atoms with Gasteiger partial charge in [-0.25, -0.2) is 0 Å². The summed E-state index contributed by atoms with van der Waals surface area (Å²) >= 11 is 3.32. The Kier molecular flexibility index (Phi) is 4.78. The number of Topliss-reactive ketones (excluding diaryl/α,β-unsaturated/α-hetero) is 1. The van der Waals surface area contributed by atoms with Crippen LogP contribution in [-0.2, 0) is 4.74 Å². The first-order valence-electron chi connectivity index (χ1n) is 4.63. The summed E-state index contributed by atoms with van der Waals surface area (Å²) in [6.45, 7) is 1.97. The Hall–Kier alpha value is -0.870. The second kappa shape index (κ2) is 5.88. The van der Waals surface area contributed by atoms with Crippen molar-refractivity contribution in [3.05, 3.63) is 28.2 Å². The highest BCUT2D eigenvalue weighted by molar-refractivity contribution is 9.10. The van der Waals surface area contributed by atoms with Crippen LogP contribution in [0.5, 0.6) is 5.75 Å². The maximum absolute atomic E-state index is 11.6. The van der Waals surface area contributed by atoms with E-state index in [-0.39, 0.29) is 12.6 Å². The maximum atomic E-state index is 11.6. The van der Waals surface area contributed by atoms with Gasteiger partial charge in [0, 0.05) is 18.0 Å². The van der Waals surface area contributed by atoms with Crippen molar-refractivity contribution >= 4 is 21.7 Å². The summed E-state index contributed by atoms with van der Waals surface area (Å²) in [7, 11) is 1.54. The zero-order valence-electron chi connectivity index (χ0n) is 8.75. The van der Waals surface area contributed by atoms with Crippen LogP contribution in [0.15, 0.2) is 22.7 Å². The highest BCUT2D eigenvalue weighted by Crippen LogP contribution is 2.24. The molecule has 1 rings (SSSR count). The smallest absolute Gasteiger partial charge is 0.188 e. The average molecular weight is 273 g/mol. The van der Waals surface area contributed by atoms with Gasteiger partial charge in [-0.3, -0.25) is 4.79 Å². The van der Waals surface area contributed by atoms with Crippen LogP contribution in [-0.4, -0.2) is 19.7 Å². The molecule has 0 aliphatic heterocycles. The topological polar surface area (TPSA) is 35.5 Å². The van der Waals surface area contributed by atoms with E-state index in [1.165, 1.54) is 0 Å². The molecule has 0 unspecified atom stereocenters. The monoisotopic (exact) mass is 272 g/mol. The minimum atomic E-state index is 0.0578. The average Bonchev–Trinajstić information content (AvgIpc) is 2.26. The van der Waals surface area contributed by atoms with E-state index in [1.807, 2.05) is 13.0 Å². The van der Waals surface area contributed by atoms with Crippen LogP contribution in [0.2, 0.25) is 0 Å². The third-order valence-electron chi connectivity index (χ3n) is 1.90. The molecule has 3 nitrogen and oxygen atoms in total. The predicted octanol–water partition coefficient (Wildman–Crippen LogP) is 3.02. The van der Waals surface area contributed by atoms with Crippen LogP contribution in [0.25, 0.3) is 0 Å². The quantitative estimate of drug-likeness (QED) is 0.611. The predicted molar refractivity (Wildman–Crippen MR) is 61.3 cm³/mol. The zero-order valence-corrected chi connectivity index (χ0v) is 10.3.